The molecule has 0 atom stereocenters. The van der Waals surface area contributed by atoms with E-state index in [0.717, 1.165) is 6.42 Å². The van der Waals surface area contributed by atoms with E-state index in [2.05, 4.69) is 9.72 Å². The number of fused-ring (bicyclic) bond motifs is 1. The second kappa shape index (κ2) is 11.2. The van der Waals surface area contributed by atoms with Gasteiger partial charge in [-0.05, 0) is 31.4 Å². The number of aromatic nitrogens is 1. The quantitative estimate of drug-likeness (QED) is 0.210. The van der Waals surface area contributed by atoms with Crippen LogP contribution >= 0.6 is 23.2 Å². The van der Waals surface area contributed by atoms with E-state index < -0.39 is 5.63 Å². The van der Waals surface area contributed by atoms with Gasteiger partial charge in [-0.15, -0.1) is 0 Å². The predicted molar refractivity (Wildman–Crippen MR) is 127 cm³/mol. The molecule has 0 N–H and O–H groups in total. The zero-order valence-corrected chi connectivity index (χ0v) is 20.0. The number of halogens is 2. The van der Waals surface area contributed by atoms with Gasteiger partial charge in [0, 0.05) is 37.3 Å². The normalized spacial score (nSPS) is 10.8. The van der Waals surface area contributed by atoms with Crippen LogP contribution < -0.4 is 20.0 Å². The first-order valence-electron chi connectivity index (χ1n) is 10.2. The van der Waals surface area contributed by atoms with Crippen molar-refractivity contribution in [3.05, 3.63) is 51.1 Å². The van der Waals surface area contributed by atoms with Crippen molar-refractivity contribution in [3.8, 4) is 11.5 Å². The lowest BCUT2D eigenvalue weighted by Gasteiger charge is -2.23. The van der Waals surface area contributed by atoms with Crippen LogP contribution in [-0.4, -0.2) is 38.8 Å². The topological polar surface area (TPSA) is 91.1 Å². The maximum Gasteiger partial charge on any atom is 0.338 e. The molecule has 2 aromatic heterocycles. The molecule has 0 saturated carbocycles. The van der Waals surface area contributed by atoms with Crippen molar-refractivity contribution < 1.29 is 23.4 Å². The van der Waals surface area contributed by atoms with Gasteiger partial charge in [-0.1, -0.05) is 23.2 Å². The number of anilines is 2. The average molecular weight is 495 g/mol. The minimum atomic E-state index is -0.568. The molecule has 0 spiro atoms. The van der Waals surface area contributed by atoms with E-state index in [4.69, 9.17) is 37.1 Å². The molecule has 0 fully saturated rings. The standard InChI is InChI=1S/C23H24Cl2N2O6/c1-27(21-15(24)12-26-13-16(21)25)17-11-20(29)33-22-14(17)8-9-18(30-2)23(22)32-10-6-4-5-7-19(28)31-3/h8-9,11-13H,4-7,10H2,1-3H3. The summed E-state index contributed by atoms with van der Waals surface area (Å²) in [6, 6.07) is 4.87. The number of rotatable bonds is 10. The van der Waals surface area contributed by atoms with Gasteiger partial charge < -0.3 is 23.5 Å². The molecule has 10 heteroatoms. The van der Waals surface area contributed by atoms with E-state index in [0.29, 0.717) is 64.2 Å². The lowest BCUT2D eigenvalue weighted by molar-refractivity contribution is -0.140. The van der Waals surface area contributed by atoms with Crippen LogP contribution in [0.25, 0.3) is 11.0 Å². The van der Waals surface area contributed by atoms with Gasteiger partial charge in [0.05, 0.1) is 42.2 Å². The zero-order valence-electron chi connectivity index (χ0n) is 18.5. The van der Waals surface area contributed by atoms with Gasteiger partial charge in [-0.2, -0.15) is 0 Å². The number of hydrogen-bond donors (Lipinski definition) is 0. The summed E-state index contributed by atoms with van der Waals surface area (Å²) < 4.78 is 21.6. The Morgan fingerprint density at radius 1 is 1.12 bits per heavy atom. The second-order valence-corrected chi connectivity index (χ2v) is 7.98. The molecule has 1 aromatic carbocycles. The Kier molecular flexibility index (Phi) is 8.41. The lowest BCUT2D eigenvalue weighted by atomic mass is 10.1. The molecule has 176 valence electrons. The summed E-state index contributed by atoms with van der Waals surface area (Å²) in [6.45, 7) is 0.350. The van der Waals surface area contributed by atoms with Crippen molar-refractivity contribution in [2.45, 2.75) is 25.7 Å². The molecule has 0 bridgehead atoms. The number of methoxy groups -OCH3 is 2. The Morgan fingerprint density at radius 3 is 2.52 bits per heavy atom. The Labute approximate surface area is 201 Å². The number of nitrogens with zero attached hydrogens (tertiary/aromatic N) is 2. The Hall–Kier alpha value is -2.97. The monoisotopic (exact) mass is 494 g/mol. The minimum Gasteiger partial charge on any atom is -0.493 e. The Morgan fingerprint density at radius 2 is 1.85 bits per heavy atom. The summed E-state index contributed by atoms with van der Waals surface area (Å²) in [7, 11) is 4.62. The van der Waals surface area contributed by atoms with Gasteiger partial charge in [0.15, 0.2) is 11.3 Å². The third-order valence-electron chi connectivity index (χ3n) is 5.05. The largest absolute Gasteiger partial charge is 0.493 e. The fraction of sp³-hybridized carbons (Fsp3) is 0.348. The third kappa shape index (κ3) is 5.69. The van der Waals surface area contributed by atoms with Gasteiger partial charge in [0.25, 0.3) is 0 Å². The molecule has 0 aliphatic carbocycles. The predicted octanol–water partition coefficient (Wildman–Crippen LogP) is 5.38. The SMILES string of the molecule is COC(=O)CCCCCOc1c(OC)ccc2c(N(C)c3c(Cl)cncc3Cl)cc(=O)oc12. The number of carbonyl (C=O) groups excluding carboxylic acids is 1. The highest BCUT2D eigenvalue weighted by atomic mass is 35.5. The van der Waals surface area contributed by atoms with Gasteiger partial charge >= 0.3 is 11.6 Å². The first-order chi connectivity index (χ1) is 15.9. The molecular formula is C23H24Cl2N2O6. The molecule has 0 amide bonds. The number of hydrogen-bond acceptors (Lipinski definition) is 8. The van der Waals surface area contributed by atoms with Crippen LogP contribution in [-0.2, 0) is 9.53 Å². The van der Waals surface area contributed by atoms with Crippen molar-refractivity contribution in [3.63, 3.8) is 0 Å². The number of ether oxygens (including phenoxy) is 3. The molecule has 0 radical (unpaired) electrons. The van der Waals surface area contributed by atoms with E-state index in [-0.39, 0.29) is 11.6 Å². The average Bonchev–Trinajstić information content (AvgIpc) is 2.80. The van der Waals surface area contributed by atoms with Crippen LogP contribution in [0.4, 0.5) is 11.4 Å². The summed E-state index contributed by atoms with van der Waals surface area (Å²) >= 11 is 12.6. The molecule has 3 rings (SSSR count). The number of benzene rings is 1. The summed E-state index contributed by atoms with van der Waals surface area (Å²) in [4.78, 5) is 29.4. The van der Waals surface area contributed by atoms with E-state index in [1.165, 1.54) is 32.7 Å². The summed E-state index contributed by atoms with van der Waals surface area (Å²) in [6.07, 6.45) is 5.48. The van der Waals surface area contributed by atoms with Gasteiger partial charge in [-0.25, -0.2) is 4.79 Å². The van der Waals surface area contributed by atoms with Gasteiger partial charge in [0.2, 0.25) is 5.75 Å². The fourth-order valence-corrected chi connectivity index (χ4v) is 4.03. The molecule has 0 aliphatic heterocycles. The van der Waals surface area contributed by atoms with Crippen molar-refractivity contribution in [2.24, 2.45) is 0 Å². The number of esters is 1. The van der Waals surface area contributed by atoms with Gasteiger partial charge in [-0.3, -0.25) is 9.78 Å². The smallest absolute Gasteiger partial charge is 0.338 e. The second-order valence-electron chi connectivity index (χ2n) is 7.17. The van der Waals surface area contributed by atoms with Crippen LogP contribution in [0.2, 0.25) is 10.0 Å². The summed E-state index contributed by atoms with van der Waals surface area (Å²) in [5.74, 6) is 0.515. The molecule has 33 heavy (non-hydrogen) atoms. The number of carbonyl (C=O) groups is 1. The highest BCUT2D eigenvalue weighted by Gasteiger charge is 2.21. The first kappa shape index (κ1) is 24.7. The minimum absolute atomic E-state index is 0.237. The highest BCUT2D eigenvalue weighted by Crippen LogP contribution is 2.42. The third-order valence-corrected chi connectivity index (χ3v) is 5.61. The fourth-order valence-electron chi connectivity index (χ4n) is 3.41. The maximum absolute atomic E-state index is 12.5. The summed E-state index contributed by atoms with van der Waals surface area (Å²) in [5.41, 5.74) is 0.715. The van der Waals surface area contributed by atoms with Crippen LogP contribution in [0, 0.1) is 0 Å². The van der Waals surface area contributed by atoms with Crippen LogP contribution in [0.3, 0.4) is 0 Å². The number of unbranched alkanes of at least 4 members (excludes halogenated alkanes) is 2. The van der Waals surface area contributed by atoms with E-state index in [9.17, 15) is 9.59 Å². The van der Waals surface area contributed by atoms with Crippen molar-refractivity contribution >= 4 is 51.5 Å². The van der Waals surface area contributed by atoms with Crippen LogP contribution in [0.1, 0.15) is 25.7 Å². The molecule has 0 unspecified atom stereocenters. The number of pyridine rings is 1. The van der Waals surface area contributed by atoms with Crippen molar-refractivity contribution in [1.82, 2.24) is 4.98 Å². The molecule has 2 heterocycles. The van der Waals surface area contributed by atoms with Crippen LogP contribution in [0.15, 0.2) is 39.8 Å². The zero-order chi connectivity index (χ0) is 24.0. The maximum atomic E-state index is 12.5. The van der Waals surface area contributed by atoms with Gasteiger partial charge in [0.1, 0.15) is 0 Å². The molecule has 0 saturated heterocycles. The van der Waals surface area contributed by atoms with Crippen molar-refractivity contribution in [2.75, 3.05) is 32.8 Å². The highest BCUT2D eigenvalue weighted by molar-refractivity contribution is 6.39. The summed E-state index contributed by atoms with van der Waals surface area (Å²) in [5, 5.41) is 1.29. The first-order valence-corrected chi connectivity index (χ1v) is 11.0. The molecule has 3 aromatic rings. The van der Waals surface area contributed by atoms with E-state index in [1.54, 1.807) is 24.1 Å². The Balaban J connectivity index is 1.93. The molecule has 0 aliphatic rings. The van der Waals surface area contributed by atoms with E-state index >= 15 is 0 Å². The molecular weight excluding hydrogens is 471 g/mol. The van der Waals surface area contributed by atoms with E-state index in [1.807, 2.05) is 0 Å². The van der Waals surface area contributed by atoms with Crippen LogP contribution in [0.5, 0.6) is 11.5 Å². The van der Waals surface area contributed by atoms with Crippen molar-refractivity contribution in [1.29, 1.82) is 0 Å². The Bertz CT molecular complexity index is 1180. The molecule has 8 nitrogen and oxygen atoms in total. The lowest BCUT2D eigenvalue weighted by Crippen LogP contribution is -2.14.